The van der Waals surface area contributed by atoms with Gasteiger partial charge in [0.1, 0.15) is 0 Å². The van der Waals surface area contributed by atoms with Gasteiger partial charge in [0.05, 0.1) is 0 Å². The molecular formula is C14H33NP2. The average molecular weight is 277 g/mol. The minimum atomic E-state index is 0.340. The van der Waals surface area contributed by atoms with Crippen molar-refractivity contribution in [2.75, 3.05) is 57.1 Å². The molecule has 0 N–H and O–H groups in total. The number of rotatable bonds is 11. The van der Waals surface area contributed by atoms with E-state index in [9.17, 15) is 0 Å². The van der Waals surface area contributed by atoms with Gasteiger partial charge in [-0.3, -0.25) is 0 Å². The Morgan fingerprint density at radius 1 is 0.706 bits per heavy atom. The molecule has 0 aliphatic heterocycles. The minimum absolute atomic E-state index is 0.340. The highest BCUT2D eigenvalue weighted by Crippen LogP contribution is 2.35. The van der Waals surface area contributed by atoms with E-state index in [1.165, 1.54) is 56.5 Å². The van der Waals surface area contributed by atoms with Gasteiger partial charge >= 0.3 is 0 Å². The van der Waals surface area contributed by atoms with Gasteiger partial charge in [-0.2, -0.15) is 0 Å². The second kappa shape index (κ2) is 11.9. The largest absolute Gasteiger partial charge is 0.306 e. The predicted octanol–water partition coefficient (Wildman–Crippen LogP) is 4.35. The van der Waals surface area contributed by atoms with Gasteiger partial charge in [0.2, 0.25) is 0 Å². The van der Waals surface area contributed by atoms with Gasteiger partial charge in [0.25, 0.3) is 0 Å². The van der Waals surface area contributed by atoms with E-state index in [1.54, 1.807) is 0 Å². The van der Waals surface area contributed by atoms with Gasteiger partial charge in [0, 0.05) is 6.54 Å². The molecule has 0 saturated carbocycles. The molecule has 0 saturated heterocycles. The van der Waals surface area contributed by atoms with Crippen molar-refractivity contribution in [3.05, 3.63) is 0 Å². The van der Waals surface area contributed by atoms with Crippen LogP contribution in [0.4, 0.5) is 0 Å². The van der Waals surface area contributed by atoms with Crippen LogP contribution in [0.15, 0.2) is 0 Å². The van der Waals surface area contributed by atoms with Crippen LogP contribution in [-0.2, 0) is 0 Å². The smallest absolute Gasteiger partial charge is 0.00176 e. The Kier molecular flexibility index (Phi) is 12.5. The van der Waals surface area contributed by atoms with E-state index in [0.29, 0.717) is 15.8 Å². The van der Waals surface area contributed by atoms with Gasteiger partial charge in [-0.25, -0.2) is 0 Å². The van der Waals surface area contributed by atoms with E-state index in [2.05, 4.69) is 39.6 Å². The molecule has 0 radical (unpaired) electrons. The summed E-state index contributed by atoms with van der Waals surface area (Å²) in [5, 5.41) is 0. The van der Waals surface area contributed by atoms with Crippen LogP contribution >= 0.6 is 15.8 Å². The Balaban J connectivity index is 3.55. The number of nitrogens with zero attached hydrogens (tertiary/aromatic N) is 1. The summed E-state index contributed by atoms with van der Waals surface area (Å²) in [5.74, 6) is 0. The summed E-state index contributed by atoms with van der Waals surface area (Å²) in [4.78, 5) is 2.56. The molecule has 0 rings (SSSR count). The Bertz CT molecular complexity index is 156. The zero-order valence-electron chi connectivity index (χ0n) is 12.7. The molecule has 1 nitrogen and oxygen atoms in total. The fraction of sp³-hybridized carbons (Fsp3) is 1.00. The first kappa shape index (κ1) is 17.8. The summed E-state index contributed by atoms with van der Waals surface area (Å²) in [6, 6.07) is 0. The topological polar surface area (TPSA) is 3.24 Å². The molecule has 104 valence electrons. The molecule has 3 heteroatoms. The third kappa shape index (κ3) is 9.40. The van der Waals surface area contributed by atoms with E-state index in [-0.39, 0.29) is 0 Å². The SMILES string of the molecule is CCP(CC)CCCN(C)CCP(CC)CC. The highest BCUT2D eigenvalue weighted by molar-refractivity contribution is 7.57. The van der Waals surface area contributed by atoms with Crippen LogP contribution in [0.3, 0.4) is 0 Å². The maximum Gasteiger partial charge on any atom is 0.00176 e. The third-order valence-electron chi connectivity index (χ3n) is 3.60. The third-order valence-corrected chi connectivity index (χ3v) is 8.96. The van der Waals surface area contributed by atoms with E-state index in [0.717, 1.165) is 0 Å². The molecule has 0 aromatic carbocycles. The van der Waals surface area contributed by atoms with E-state index < -0.39 is 0 Å². The van der Waals surface area contributed by atoms with Crippen molar-refractivity contribution in [2.45, 2.75) is 34.1 Å². The fourth-order valence-electron chi connectivity index (χ4n) is 2.07. The molecule has 0 aromatic heterocycles. The van der Waals surface area contributed by atoms with Crippen molar-refractivity contribution in [1.29, 1.82) is 0 Å². The molecule has 0 aliphatic carbocycles. The summed E-state index contributed by atoms with van der Waals surface area (Å²) in [5.41, 5.74) is 0. The lowest BCUT2D eigenvalue weighted by atomic mass is 10.4. The van der Waals surface area contributed by atoms with Gasteiger partial charge in [-0.1, -0.05) is 27.7 Å². The molecule has 0 aromatic rings. The molecule has 17 heavy (non-hydrogen) atoms. The fourth-order valence-corrected chi connectivity index (χ4v) is 5.44. The molecule has 0 heterocycles. The van der Waals surface area contributed by atoms with E-state index >= 15 is 0 Å². The first-order valence-corrected chi connectivity index (χ1v) is 11.1. The van der Waals surface area contributed by atoms with Crippen LogP contribution in [0, 0.1) is 0 Å². The average Bonchev–Trinajstić information content (AvgIpc) is 2.36. The molecule has 0 fully saturated rings. The summed E-state index contributed by atoms with van der Waals surface area (Å²) >= 11 is 0. The highest BCUT2D eigenvalue weighted by atomic mass is 31.1. The van der Waals surface area contributed by atoms with Gasteiger partial charge < -0.3 is 4.90 Å². The van der Waals surface area contributed by atoms with Gasteiger partial charge in [0.15, 0.2) is 0 Å². The lowest BCUT2D eigenvalue weighted by molar-refractivity contribution is 0.356. The zero-order chi connectivity index (χ0) is 13.1. The summed E-state index contributed by atoms with van der Waals surface area (Å²) < 4.78 is 0. The number of hydrogen-bond acceptors (Lipinski definition) is 1. The Morgan fingerprint density at radius 3 is 1.65 bits per heavy atom. The summed E-state index contributed by atoms with van der Waals surface area (Å²) in [6.07, 6.45) is 10.0. The lowest BCUT2D eigenvalue weighted by Gasteiger charge is -2.21. The van der Waals surface area contributed by atoms with Crippen LogP contribution in [0.5, 0.6) is 0 Å². The second-order valence-electron chi connectivity index (χ2n) is 4.71. The quantitative estimate of drug-likeness (QED) is 0.507. The highest BCUT2D eigenvalue weighted by Gasteiger charge is 2.06. The van der Waals surface area contributed by atoms with Crippen molar-refractivity contribution in [1.82, 2.24) is 4.90 Å². The molecule has 0 bridgehead atoms. The Hall–Kier alpha value is 0.820. The normalized spacial score (nSPS) is 12.0. The van der Waals surface area contributed by atoms with E-state index in [4.69, 9.17) is 0 Å². The molecule has 0 atom stereocenters. The molecule has 0 unspecified atom stereocenters. The standard InChI is InChI=1S/C14H33NP2/c1-6-16(7-2)13-10-11-15(5)12-14-17(8-3)9-4/h6-14H2,1-5H3. The molecular weight excluding hydrogens is 244 g/mol. The first-order valence-electron chi connectivity index (χ1n) is 7.31. The van der Waals surface area contributed by atoms with Crippen molar-refractivity contribution in [2.24, 2.45) is 0 Å². The zero-order valence-corrected chi connectivity index (χ0v) is 14.5. The molecule has 0 amide bonds. The summed E-state index contributed by atoms with van der Waals surface area (Å²) in [6.45, 7) is 12.1. The first-order chi connectivity index (χ1) is 8.17. The lowest BCUT2D eigenvalue weighted by Crippen LogP contribution is -2.23. The van der Waals surface area contributed by atoms with Crippen LogP contribution in [0.1, 0.15) is 34.1 Å². The van der Waals surface area contributed by atoms with Crippen molar-refractivity contribution in [3.63, 3.8) is 0 Å². The Labute approximate surface area is 112 Å². The van der Waals surface area contributed by atoms with Crippen LogP contribution < -0.4 is 0 Å². The van der Waals surface area contributed by atoms with Crippen LogP contribution in [0.25, 0.3) is 0 Å². The van der Waals surface area contributed by atoms with Crippen molar-refractivity contribution < 1.29 is 0 Å². The molecule has 0 aliphatic rings. The maximum absolute atomic E-state index is 2.56. The second-order valence-corrected chi connectivity index (χ2v) is 10.8. The van der Waals surface area contributed by atoms with Crippen LogP contribution in [0.2, 0.25) is 0 Å². The van der Waals surface area contributed by atoms with Crippen molar-refractivity contribution >= 4 is 15.8 Å². The van der Waals surface area contributed by atoms with Crippen molar-refractivity contribution in [3.8, 4) is 0 Å². The Morgan fingerprint density at radius 2 is 1.18 bits per heavy atom. The number of hydrogen-bond donors (Lipinski definition) is 0. The predicted molar refractivity (Wildman–Crippen MR) is 87.9 cm³/mol. The summed E-state index contributed by atoms with van der Waals surface area (Å²) in [7, 11) is 3.01. The van der Waals surface area contributed by atoms with Crippen LogP contribution in [-0.4, -0.2) is 62.0 Å². The maximum atomic E-state index is 2.56. The minimum Gasteiger partial charge on any atom is -0.306 e. The van der Waals surface area contributed by atoms with Gasteiger partial charge in [-0.05, 0) is 57.0 Å². The molecule has 0 spiro atoms. The monoisotopic (exact) mass is 277 g/mol. The van der Waals surface area contributed by atoms with E-state index in [1.807, 2.05) is 0 Å². The van der Waals surface area contributed by atoms with Gasteiger partial charge in [-0.15, -0.1) is 15.8 Å².